The average Bonchev–Trinajstić information content (AvgIpc) is 2.12. The summed E-state index contributed by atoms with van der Waals surface area (Å²) >= 11 is 0. The number of hydrogen-bond acceptors (Lipinski definition) is 1. The molecule has 0 fully saturated rings. The molecular weight excluding hydrogens is 206 g/mol. The van der Waals surface area contributed by atoms with Crippen LogP contribution in [0.25, 0.3) is 0 Å². The van der Waals surface area contributed by atoms with Gasteiger partial charge in [0.2, 0.25) is 0 Å². The molecule has 0 atom stereocenters. The Hall–Kier alpha value is -0.0400. The number of hydrogen-bond donors (Lipinski definition) is 0. The molecule has 0 heterocycles. The fourth-order valence-electron chi connectivity index (χ4n) is 1.87. The Balaban J connectivity index is 3.36. The van der Waals surface area contributed by atoms with E-state index >= 15 is 0 Å². The van der Waals surface area contributed by atoms with Crippen molar-refractivity contribution in [2.75, 3.05) is 13.6 Å². The molecule has 0 unspecified atom stereocenters. The van der Waals surface area contributed by atoms with Crippen molar-refractivity contribution in [2.24, 2.45) is 5.41 Å². The Labute approximate surface area is 110 Å². The van der Waals surface area contributed by atoms with E-state index in [4.69, 9.17) is 0 Å². The van der Waals surface area contributed by atoms with Crippen LogP contribution in [0.4, 0.5) is 0 Å². The molecule has 0 aromatic carbocycles. The van der Waals surface area contributed by atoms with Crippen molar-refractivity contribution < 1.29 is 0 Å². The van der Waals surface area contributed by atoms with Crippen molar-refractivity contribution in [3.05, 3.63) is 0 Å². The molecule has 0 aliphatic carbocycles. The highest BCUT2D eigenvalue weighted by Gasteiger charge is 2.15. The van der Waals surface area contributed by atoms with E-state index in [0.717, 1.165) is 0 Å². The van der Waals surface area contributed by atoms with Crippen molar-refractivity contribution in [3.8, 4) is 0 Å². The molecule has 0 bridgehead atoms. The van der Waals surface area contributed by atoms with E-state index in [-0.39, 0.29) is 0 Å². The summed E-state index contributed by atoms with van der Waals surface area (Å²) < 4.78 is 0. The highest BCUT2D eigenvalue weighted by molar-refractivity contribution is 4.72. The lowest BCUT2D eigenvalue weighted by atomic mass is 9.89. The van der Waals surface area contributed by atoms with Crippen LogP contribution >= 0.6 is 0 Å². The van der Waals surface area contributed by atoms with E-state index in [2.05, 4.69) is 53.5 Å². The fraction of sp³-hybridized carbons (Fsp3) is 1.00. The predicted octanol–water partition coefficient (Wildman–Crippen LogP) is 5.10. The average molecular weight is 241 g/mol. The third-order valence-corrected chi connectivity index (χ3v) is 3.57. The normalized spacial score (nSPS) is 13.4. The molecule has 1 heteroatoms. The van der Waals surface area contributed by atoms with Gasteiger partial charge in [0.25, 0.3) is 0 Å². The maximum atomic E-state index is 2.46. The summed E-state index contributed by atoms with van der Waals surface area (Å²) in [5, 5.41) is 0. The van der Waals surface area contributed by atoms with Gasteiger partial charge < -0.3 is 4.90 Å². The molecule has 0 N–H and O–H groups in total. The summed E-state index contributed by atoms with van der Waals surface area (Å²) in [7, 11) is 2.24. The number of nitrogens with zero attached hydrogens (tertiary/aromatic N) is 1. The molecule has 0 amide bonds. The van der Waals surface area contributed by atoms with E-state index in [9.17, 15) is 0 Å². The molecule has 0 aromatic heterocycles. The van der Waals surface area contributed by atoms with Crippen molar-refractivity contribution in [3.63, 3.8) is 0 Å². The van der Waals surface area contributed by atoms with Gasteiger partial charge in [-0.1, -0.05) is 46.5 Å². The first-order valence-electron chi connectivity index (χ1n) is 7.34. The van der Waals surface area contributed by atoms with E-state index in [1.54, 1.807) is 0 Å². The van der Waals surface area contributed by atoms with Gasteiger partial charge in [0.15, 0.2) is 0 Å². The first kappa shape index (κ1) is 17.0. The minimum atomic E-state index is 0.326. The van der Waals surface area contributed by atoms with E-state index in [0.29, 0.717) is 11.0 Å². The van der Waals surface area contributed by atoms with Crippen LogP contribution in [-0.4, -0.2) is 24.0 Å². The van der Waals surface area contributed by atoms with Crippen LogP contribution in [0, 0.1) is 5.41 Å². The Kier molecular flexibility index (Phi) is 7.39. The summed E-state index contributed by atoms with van der Waals surface area (Å²) in [6.45, 7) is 15.1. The van der Waals surface area contributed by atoms with Gasteiger partial charge in [0.1, 0.15) is 0 Å². The Morgan fingerprint density at radius 2 is 1.18 bits per heavy atom. The standard InChI is InChI=1S/C16H35N/c1-15(2,3)13-11-9-8-10-12-14-17(7)16(4,5)6/h8-14H2,1-7H3. The van der Waals surface area contributed by atoms with Gasteiger partial charge in [-0.2, -0.15) is 0 Å². The maximum Gasteiger partial charge on any atom is 0.0122 e. The summed E-state index contributed by atoms with van der Waals surface area (Å²) in [6.07, 6.45) is 8.34. The number of unbranched alkanes of at least 4 members (excludes halogenated alkanes) is 4. The van der Waals surface area contributed by atoms with Gasteiger partial charge in [-0.25, -0.2) is 0 Å². The Morgan fingerprint density at radius 1 is 0.706 bits per heavy atom. The lowest BCUT2D eigenvalue weighted by Gasteiger charge is -2.31. The van der Waals surface area contributed by atoms with Crippen LogP contribution < -0.4 is 0 Å². The van der Waals surface area contributed by atoms with Gasteiger partial charge >= 0.3 is 0 Å². The molecule has 0 aliphatic heterocycles. The van der Waals surface area contributed by atoms with Gasteiger partial charge in [0.05, 0.1) is 0 Å². The zero-order chi connectivity index (χ0) is 13.5. The van der Waals surface area contributed by atoms with Crippen LogP contribution in [0.5, 0.6) is 0 Å². The SMILES string of the molecule is CN(CCCCCCCC(C)(C)C)C(C)(C)C. The summed E-state index contributed by atoms with van der Waals surface area (Å²) in [4.78, 5) is 2.46. The zero-order valence-corrected chi connectivity index (χ0v) is 13.4. The van der Waals surface area contributed by atoms with Crippen molar-refractivity contribution in [1.82, 2.24) is 4.90 Å². The van der Waals surface area contributed by atoms with Gasteiger partial charge in [-0.05, 0) is 52.6 Å². The van der Waals surface area contributed by atoms with E-state index < -0.39 is 0 Å². The molecule has 0 spiro atoms. The van der Waals surface area contributed by atoms with Gasteiger partial charge in [-0.3, -0.25) is 0 Å². The molecule has 0 saturated heterocycles. The first-order chi connectivity index (χ1) is 7.63. The number of rotatable bonds is 7. The minimum absolute atomic E-state index is 0.326. The molecule has 0 saturated carbocycles. The van der Waals surface area contributed by atoms with Gasteiger partial charge in [-0.15, -0.1) is 0 Å². The second-order valence-electron chi connectivity index (χ2n) is 7.67. The molecule has 0 aromatic rings. The molecule has 1 nitrogen and oxygen atoms in total. The Bertz CT molecular complexity index is 183. The summed E-state index contributed by atoms with van der Waals surface area (Å²) in [5.74, 6) is 0. The summed E-state index contributed by atoms with van der Waals surface area (Å²) in [6, 6.07) is 0. The third-order valence-electron chi connectivity index (χ3n) is 3.57. The molecule has 0 aliphatic rings. The Morgan fingerprint density at radius 3 is 1.65 bits per heavy atom. The topological polar surface area (TPSA) is 3.24 Å². The molecular formula is C16H35N. The minimum Gasteiger partial charge on any atom is -0.302 e. The molecule has 0 rings (SSSR count). The monoisotopic (exact) mass is 241 g/mol. The highest BCUT2D eigenvalue weighted by Crippen LogP contribution is 2.22. The van der Waals surface area contributed by atoms with E-state index in [1.807, 2.05) is 0 Å². The third kappa shape index (κ3) is 10.8. The van der Waals surface area contributed by atoms with Gasteiger partial charge in [0, 0.05) is 5.54 Å². The lowest BCUT2D eigenvalue weighted by molar-refractivity contribution is 0.172. The van der Waals surface area contributed by atoms with Crippen LogP contribution in [0.15, 0.2) is 0 Å². The van der Waals surface area contributed by atoms with Crippen molar-refractivity contribution >= 4 is 0 Å². The second-order valence-corrected chi connectivity index (χ2v) is 7.67. The lowest BCUT2D eigenvalue weighted by Crippen LogP contribution is -2.38. The van der Waals surface area contributed by atoms with Crippen LogP contribution in [0.3, 0.4) is 0 Å². The van der Waals surface area contributed by atoms with Crippen LogP contribution in [0.1, 0.15) is 80.1 Å². The largest absolute Gasteiger partial charge is 0.302 e. The zero-order valence-electron chi connectivity index (χ0n) is 13.4. The molecule has 104 valence electrons. The quantitative estimate of drug-likeness (QED) is 0.560. The second kappa shape index (κ2) is 7.41. The van der Waals surface area contributed by atoms with Crippen LogP contribution in [0.2, 0.25) is 0 Å². The fourth-order valence-corrected chi connectivity index (χ4v) is 1.87. The van der Waals surface area contributed by atoms with Crippen LogP contribution in [-0.2, 0) is 0 Å². The van der Waals surface area contributed by atoms with Crippen molar-refractivity contribution in [1.29, 1.82) is 0 Å². The highest BCUT2D eigenvalue weighted by atomic mass is 15.1. The first-order valence-corrected chi connectivity index (χ1v) is 7.34. The molecule has 17 heavy (non-hydrogen) atoms. The molecule has 0 radical (unpaired) electrons. The summed E-state index contributed by atoms with van der Waals surface area (Å²) in [5.41, 5.74) is 0.846. The smallest absolute Gasteiger partial charge is 0.0122 e. The maximum absolute atomic E-state index is 2.46. The van der Waals surface area contributed by atoms with Crippen molar-refractivity contribution in [2.45, 2.75) is 85.6 Å². The predicted molar refractivity (Wildman–Crippen MR) is 79.5 cm³/mol. The van der Waals surface area contributed by atoms with E-state index in [1.165, 1.54) is 45.1 Å².